The third-order valence-corrected chi connectivity index (χ3v) is 4.03. The van der Waals surface area contributed by atoms with Gasteiger partial charge in [-0.3, -0.25) is 4.79 Å². The van der Waals surface area contributed by atoms with E-state index in [0.29, 0.717) is 5.92 Å². The zero-order valence-corrected chi connectivity index (χ0v) is 12.4. The minimum Gasteiger partial charge on any atom is -0.394 e. The number of hydrogen-bond donors (Lipinski definition) is 2. The highest BCUT2D eigenvalue weighted by Gasteiger charge is 2.49. The van der Waals surface area contributed by atoms with Gasteiger partial charge in [0.15, 0.2) is 0 Å². The van der Waals surface area contributed by atoms with Crippen molar-refractivity contribution < 1.29 is 9.90 Å². The first-order valence-electron chi connectivity index (χ1n) is 7.51. The molecule has 1 amide bonds. The van der Waals surface area contributed by atoms with Crippen molar-refractivity contribution in [1.29, 1.82) is 0 Å². The Kier molecular flexibility index (Phi) is 4.81. The van der Waals surface area contributed by atoms with Gasteiger partial charge in [-0.1, -0.05) is 44.2 Å². The van der Waals surface area contributed by atoms with Crippen molar-refractivity contribution in [1.82, 2.24) is 5.32 Å². The molecule has 1 aromatic rings. The zero-order valence-electron chi connectivity index (χ0n) is 12.4. The SMILES string of the molecule is CC(C)CC(CO)NC(=O)C1(Cc2ccccc2)CC1. The summed E-state index contributed by atoms with van der Waals surface area (Å²) in [5.41, 5.74) is 0.982. The second kappa shape index (κ2) is 6.40. The van der Waals surface area contributed by atoms with E-state index in [1.54, 1.807) is 0 Å². The van der Waals surface area contributed by atoms with E-state index in [4.69, 9.17) is 0 Å². The fraction of sp³-hybridized carbons (Fsp3) is 0.588. The van der Waals surface area contributed by atoms with Crippen LogP contribution in [-0.2, 0) is 11.2 Å². The molecule has 2 N–H and O–H groups in total. The first kappa shape index (κ1) is 15.0. The van der Waals surface area contributed by atoms with Crippen molar-refractivity contribution in [3.05, 3.63) is 35.9 Å². The van der Waals surface area contributed by atoms with Gasteiger partial charge in [0, 0.05) is 0 Å². The highest BCUT2D eigenvalue weighted by atomic mass is 16.3. The van der Waals surface area contributed by atoms with Crippen LogP contribution in [-0.4, -0.2) is 23.7 Å². The Morgan fingerprint density at radius 2 is 1.95 bits per heavy atom. The molecule has 1 saturated carbocycles. The van der Waals surface area contributed by atoms with Crippen molar-refractivity contribution in [3.8, 4) is 0 Å². The van der Waals surface area contributed by atoms with Crippen molar-refractivity contribution in [3.63, 3.8) is 0 Å². The average Bonchev–Trinajstić information content (AvgIpc) is 3.19. The first-order valence-corrected chi connectivity index (χ1v) is 7.51. The van der Waals surface area contributed by atoms with Gasteiger partial charge in [-0.05, 0) is 37.2 Å². The Hall–Kier alpha value is -1.35. The second-order valence-electron chi connectivity index (χ2n) is 6.43. The van der Waals surface area contributed by atoms with Crippen molar-refractivity contribution in [2.24, 2.45) is 11.3 Å². The number of benzene rings is 1. The van der Waals surface area contributed by atoms with Gasteiger partial charge in [-0.25, -0.2) is 0 Å². The number of nitrogens with one attached hydrogen (secondary N) is 1. The van der Waals surface area contributed by atoms with E-state index in [0.717, 1.165) is 25.7 Å². The smallest absolute Gasteiger partial charge is 0.226 e. The molecular formula is C17H25NO2. The van der Waals surface area contributed by atoms with E-state index in [1.165, 1.54) is 5.56 Å². The number of carbonyl (C=O) groups excluding carboxylic acids is 1. The van der Waals surface area contributed by atoms with Crippen LogP contribution >= 0.6 is 0 Å². The van der Waals surface area contributed by atoms with Crippen molar-refractivity contribution >= 4 is 5.91 Å². The van der Waals surface area contributed by atoms with Gasteiger partial charge >= 0.3 is 0 Å². The molecule has 1 fully saturated rings. The third-order valence-electron chi connectivity index (χ3n) is 4.03. The number of rotatable bonds is 7. The Morgan fingerprint density at radius 1 is 1.30 bits per heavy atom. The summed E-state index contributed by atoms with van der Waals surface area (Å²) in [4.78, 5) is 12.5. The number of amides is 1. The monoisotopic (exact) mass is 275 g/mol. The van der Waals surface area contributed by atoms with Crippen LogP contribution in [0.15, 0.2) is 30.3 Å². The second-order valence-corrected chi connectivity index (χ2v) is 6.43. The summed E-state index contributed by atoms with van der Waals surface area (Å²) in [5, 5.41) is 12.4. The average molecular weight is 275 g/mol. The van der Waals surface area contributed by atoms with Crippen LogP contribution in [0, 0.1) is 11.3 Å². The third kappa shape index (κ3) is 3.83. The fourth-order valence-corrected chi connectivity index (χ4v) is 2.71. The number of carbonyl (C=O) groups is 1. The maximum absolute atomic E-state index is 12.5. The largest absolute Gasteiger partial charge is 0.394 e. The molecule has 2 rings (SSSR count). The van der Waals surface area contributed by atoms with Crippen molar-refractivity contribution in [2.75, 3.05) is 6.61 Å². The van der Waals surface area contributed by atoms with E-state index in [9.17, 15) is 9.90 Å². The van der Waals surface area contributed by atoms with Gasteiger partial charge in [0.1, 0.15) is 0 Å². The Morgan fingerprint density at radius 3 is 2.45 bits per heavy atom. The van der Waals surface area contributed by atoms with Gasteiger partial charge in [-0.15, -0.1) is 0 Å². The molecule has 1 aliphatic carbocycles. The van der Waals surface area contributed by atoms with E-state index < -0.39 is 0 Å². The predicted octanol–water partition coefficient (Wildman–Crippen LogP) is 2.53. The molecule has 0 aromatic heterocycles. The Labute approximate surface area is 121 Å². The molecule has 1 aliphatic rings. The van der Waals surface area contributed by atoms with Crippen molar-refractivity contribution in [2.45, 2.75) is 45.6 Å². The van der Waals surface area contributed by atoms with E-state index in [-0.39, 0.29) is 24.0 Å². The Bertz CT molecular complexity index is 438. The lowest BCUT2D eigenvalue weighted by Gasteiger charge is -2.22. The Balaban J connectivity index is 1.94. The van der Waals surface area contributed by atoms with Crippen LogP contribution in [0.3, 0.4) is 0 Å². The van der Waals surface area contributed by atoms with Gasteiger partial charge in [0.2, 0.25) is 5.91 Å². The molecule has 0 heterocycles. The summed E-state index contributed by atoms with van der Waals surface area (Å²) in [7, 11) is 0. The summed E-state index contributed by atoms with van der Waals surface area (Å²) in [6.45, 7) is 4.22. The minimum atomic E-state index is -0.230. The van der Waals surface area contributed by atoms with E-state index >= 15 is 0 Å². The molecule has 0 spiro atoms. The maximum Gasteiger partial charge on any atom is 0.226 e. The molecule has 110 valence electrons. The van der Waals surface area contributed by atoms with Crippen LogP contribution < -0.4 is 5.32 Å². The van der Waals surface area contributed by atoms with Crippen LogP contribution in [0.4, 0.5) is 0 Å². The molecule has 20 heavy (non-hydrogen) atoms. The highest BCUT2D eigenvalue weighted by molar-refractivity contribution is 5.85. The minimum absolute atomic E-state index is 0.0192. The lowest BCUT2D eigenvalue weighted by Crippen LogP contribution is -2.43. The molecule has 1 unspecified atom stereocenters. The molecule has 3 heteroatoms. The molecule has 3 nitrogen and oxygen atoms in total. The fourth-order valence-electron chi connectivity index (χ4n) is 2.71. The number of aliphatic hydroxyl groups is 1. The van der Waals surface area contributed by atoms with Gasteiger partial charge in [0.05, 0.1) is 18.1 Å². The quantitative estimate of drug-likeness (QED) is 0.803. The summed E-state index contributed by atoms with van der Waals surface area (Å²) in [6, 6.07) is 10.1. The summed E-state index contributed by atoms with van der Waals surface area (Å²) < 4.78 is 0. The van der Waals surface area contributed by atoms with E-state index in [2.05, 4.69) is 31.3 Å². The standard InChI is InChI=1S/C17H25NO2/c1-13(2)10-15(12-19)18-16(20)17(8-9-17)11-14-6-4-3-5-7-14/h3-7,13,15,19H,8-12H2,1-2H3,(H,18,20). The van der Waals surface area contributed by atoms with Gasteiger partial charge in [0.25, 0.3) is 0 Å². The van der Waals surface area contributed by atoms with Gasteiger partial charge in [-0.2, -0.15) is 0 Å². The highest BCUT2D eigenvalue weighted by Crippen LogP contribution is 2.48. The lowest BCUT2D eigenvalue weighted by atomic mass is 9.94. The molecule has 1 atom stereocenters. The van der Waals surface area contributed by atoms with Crippen LogP contribution in [0.5, 0.6) is 0 Å². The van der Waals surface area contributed by atoms with Crippen LogP contribution in [0.25, 0.3) is 0 Å². The molecule has 0 aliphatic heterocycles. The summed E-state index contributed by atoms with van der Waals surface area (Å²) in [5.74, 6) is 0.581. The lowest BCUT2D eigenvalue weighted by molar-refractivity contribution is -0.127. The summed E-state index contributed by atoms with van der Waals surface area (Å²) in [6.07, 6.45) is 3.53. The first-order chi connectivity index (χ1) is 9.55. The molecular weight excluding hydrogens is 250 g/mol. The van der Waals surface area contributed by atoms with Crippen LogP contribution in [0.1, 0.15) is 38.7 Å². The normalized spacial score (nSPS) is 17.8. The molecule has 0 bridgehead atoms. The zero-order chi connectivity index (χ0) is 14.6. The van der Waals surface area contributed by atoms with Crippen LogP contribution in [0.2, 0.25) is 0 Å². The number of aliphatic hydroxyl groups excluding tert-OH is 1. The summed E-state index contributed by atoms with van der Waals surface area (Å²) >= 11 is 0. The molecule has 1 aromatic carbocycles. The van der Waals surface area contributed by atoms with Gasteiger partial charge < -0.3 is 10.4 Å². The number of hydrogen-bond acceptors (Lipinski definition) is 2. The maximum atomic E-state index is 12.5. The predicted molar refractivity (Wildman–Crippen MR) is 80.3 cm³/mol. The van der Waals surface area contributed by atoms with E-state index in [1.807, 2.05) is 18.2 Å². The molecule has 0 saturated heterocycles. The molecule has 0 radical (unpaired) electrons. The topological polar surface area (TPSA) is 49.3 Å².